The van der Waals surface area contributed by atoms with E-state index in [-0.39, 0.29) is 12.2 Å². The largest absolute Gasteiger partial charge is 0.490 e. The van der Waals surface area contributed by atoms with Gasteiger partial charge in [-0.1, -0.05) is 55.4 Å². The van der Waals surface area contributed by atoms with Crippen molar-refractivity contribution >= 4 is 0 Å². The third-order valence-corrected chi connectivity index (χ3v) is 7.60. The summed E-state index contributed by atoms with van der Waals surface area (Å²) in [5.74, 6) is 3.32. The van der Waals surface area contributed by atoms with Gasteiger partial charge in [-0.25, -0.2) is 0 Å². The maximum atomic E-state index is 6.33. The molecule has 2 fully saturated rings. The number of benzene rings is 2. The molecule has 2 saturated heterocycles. The van der Waals surface area contributed by atoms with Gasteiger partial charge in [0, 0.05) is 11.1 Å². The van der Waals surface area contributed by atoms with E-state index in [9.17, 15) is 0 Å². The Morgan fingerprint density at radius 2 is 1.05 bits per heavy atom. The first-order valence-corrected chi connectivity index (χ1v) is 14.5. The first kappa shape index (κ1) is 27.7. The summed E-state index contributed by atoms with van der Waals surface area (Å²) in [5, 5.41) is 8.12. The van der Waals surface area contributed by atoms with Crippen LogP contribution in [0, 0.1) is 0 Å². The summed E-state index contributed by atoms with van der Waals surface area (Å²) in [6.07, 6.45) is 0.453. The standard InChI is InChI=1S/C33H44N2O4/c1-18(2)26-9-22(10-27(19(3)4)32(26)38-16-24-14-36-24)30-13-31(35-34-30)23-11-28(20(5)6)33(29(12-23)21(7)8)39-17-25-15-37-25/h9-13,18-21,24-25H,14-17H2,1-8H3,(H,34,35). The van der Waals surface area contributed by atoms with Gasteiger partial charge in [-0.05, 0) is 76.3 Å². The van der Waals surface area contributed by atoms with Gasteiger partial charge in [-0.2, -0.15) is 5.10 Å². The topological polar surface area (TPSA) is 72.2 Å². The van der Waals surface area contributed by atoms with Crippen molar-refractivity contribution in [1.29, 1.82) is 0 Å². The molecule has 2 aliphatic rings. The van der Waals surface area contributed by atoms with E-state index >= 15 is 0 Å². The molecule has 210 valence electrons. The summed E-state index contributed by atoms with van der Waals surface area (Å²) in [4.78, 5) is 0. The molecule has 2 aliphatic heterocycles. The quantitative estimate of drug-likeness (QED) is 0.241. The van der Waals surface area contributed by atoms with Gasteiger partial charge in [0.1, 0.15) is 36.9 Å². The third kappa shape index (κ3) is 6.33. The Morgan fingerprint density at radius 1 is 0.667 bits per heavy atom. The number of ether oxygens (including phenoxy) is 4. The number of aromatic nitrogens is 2. The van der Waals surface area contributed by atoms with Crippen LogP contribution in [0.1, 0.15) is 101 Å². The monoisotopic (exact) mass is 532 g/mol. The number of epoxide rings is 2. The average Bonchev–Trinajstić information content (AvgIpc) is 3.83. The number of hydrogen-bond donors (Lipinski definition) is 1. The number of nitrogens with one attached hydrogen (secondary N) is 1. The van der Waals surface area contributed by atoms with Crippen LogP contribution in [0.25, 0.3) is 22.5 Å². The first-order chi connectivity index (χ1) is 18.6. The summed E-state index contributed by atoms with van der Waals surface area (Å²) in [6, 6.07) is 11.2. The van der Waals surface area contributed by atoms with Crippen molar-refractivity contribution in [3.8, 4) is 34.0 Å². The van der Waals surface area contributed by atoms with Crippen molar-refractivity contribution in [2.45, 2.75) is 91.3 Å². The molecule has 2 atom stereocenters. The second-order valence-corrected chi connectivity index (χ2v) is 12.3. The van der Waals surface area contributed by atoms with Crippen molar-refractivity contribution in [2.24, 2.45) is 0 Å². The highest BCUT2D eigenvalue weighted by molar-refractivity contribution is 5.72. The lowest BCUT2D eigenvalue weighted by Crippen LogP contribution is -2.10. The summed E-state index contributed by atoms with van der Waals surface area (Å²) in [6.45, 7) is 20.6. The van der Waals surface area contributed by atoms with E-state index in [1.807, 2.05) is 0 Å². The molecule has 0 radical (unpaired) electrons. The number of hydrogen-bond acceptors (Lipinski definition) is 5. The predicted molar refractivity (Wildman–Crippen MR) is 156 cm³/mol. The average molecular weight is 533 g/mol. The van der Waals surface area contributed by atoms with Crippen LogP contribution in [0.3, 0.4) is 0 Å². The highest BCUT2D eigenvalue weighted by Gasteiger charge is 2.27. The Kier molecular flexibility index (Phi) is 8.06. The minimum Gasteiger partial charge on any atom is -0.490 e. The van der Waals surface area contributed by atoms with Gasteiger partial charge < -0.3 is 18.9 Å². The first-order valence-electron chi connectivity index (χ1n) is 14.5. The maximum absolute atomic E-state index is 6.33. The molecule has 5 rings (SSSR count). The molecule has 1 aromatic heterocycles. The fourth-order valence-electron chi connectivity index (χ4n) is 5.00. The smallest absolute Gasteiger partial charge is 0.126 e. The number of aromatic amines is 1. The molecule has 0 spiro atoms. The Bertz CT molecular complexity index is 1140. The van der Waals surface area contributed by atoms with Gasteiger partial charge in [0.15, 0.2) is 0 Å². The Hall–Kier alpha value is -2.83. The lowest BCUT2D eigenvalue weighted by Gasteiger charge is -2.21. The predicted octanol–water partition coefficient (Wildman–Crippen LogP) is 7.79. The third-order valence-electron chi connectivity index (χ3n) is 7.60. The van der Waals surface area contributed by atoms with Crippen molar-refractivity contribution in [1.82, 2.24) is 10.2 Å². The number of H-pyrrole nitrogens is 1. The molecule has 2 unspecified atom stereocenters. The lowest BCUT2D eigenvalue weighted by atomic mass is 9.89. The molecular formula is C33H44N2O4. The van der Waals surface area contributed by atoms with Gasteiger partial charge in [0.2, 0.25) is 0 Å². The van der Waals surface area contributed by atoms with E-state index < -0.39 is 0 Å². The van der Waals surface area contributed by atoms with Crippen LogP contribution < -0.4 is 9.47 Å². The van der Waals surface area contributed by atoms with Crippen LogP contribution in [0.15, 0.2) is 30.3 Å². The van der Waals surface area contributed by atoms with Crippen LogP contribution in [0.5, 0.6) is 11.5 Å². The maximum Gasteiger partial charge on any atom is 0.126 e. The fraction of sp³-hybridized carbons (Fsp3) is 0.545. The van der Waals surface area contributed by atoms with Gasteiger partial charge in [0.25, 0.3) is 0 Å². The van der Waals surface area contributed by atoms with Crippen molar-refractivity contribution in [3.63, 3.8) is 0 Å². The van der Waals surface area contributed by atoms with Crippen LogP contribution in [-0.2, 0) is 9.47 Å². The minimum atomic E-state index is 0.226. The Labute approximate surface area is 233 Å². The van der Waals surface area contributed by atoms with E-state index in [2.05, 4.69) is 90.8 Å². The van der Waals surface area contributed by atoms with E-state index in [1.54, 1.807) is 0 Å². The zero-order valence-corrected chi connectivity index (χ0v) is 24.8. The van der Waals surface area contributed by atoms with Gasteiger partial charge in [0.05, 0.1) is 24.6 Å². The Morgan fingerprint density at radius 3 is 1.41 bits per heavy atom. The Balaban J connectivity index is 1.52. The van der Waals surface area contributed by atoms with Crippen molar-refractivity contribution < 1.29 is 18.9 Å². The SMILES string of the molecule is CC(C)c1cc(-c2cc(-c3cc(C(C)C)c(OCC4CO4)c(C(C)C)c3)[nH]n2)cc(C(C)C)c1OCC1CO1. The molecule has 0 saturated carbocycles. The zero-order chi connectivity index (χ0) is 27.8. The van der Waals surface area contributed by atoms with Crippen molar-refractivity contribution in [3.05, 3.63) is 52.6 Å². The van der Waals surface area contributed by atoms with Gasteiger partial charge in [-0.15, -0.1) is 0 Å². The second-order valence-electron chi connectivity index (χ2n) is 12.3. The highest BCUT2D eigenvalue weighted by Crippen LogP contribution is 2.41. The summed E-state index contributed by atoms with van der Waals surface area (Å²) in [5.41, 5.74) is 9.06. The molecule has 2 aromatic carbocycles. The fourth-order valence-corrected chi connectivity index (χ4v) is 5.00. The summed E-state index contributed by atoms with van der Waals surface area (Å²) < 4.78 is 23.5. The molecule has 0 amide bonds. The summed E-state index contributed by atoms with van der Waals surface area (Å²) >= 11 is 0. The van der Waals surface area contributed by atoms with Crippen LogP contribution in [0.4, 0.5) is 0 Å². The highest BCUT2D eigenvalue weighted by atomic mass is 16.6. The van der Waals surface area contributed by atoms with Crippen molar-refractivity contribution in [2.75, 3.05) is 26.4 Å². The molecule has 3 heterocycles. The molecule has 6 heteroatoms. The molecule has 0 bridgehead atoms. The van der Waals surface area contributed by atoms with Crippen LogP contribution >= 0.6 is 0 Å². The number of rotatable bonds is 12. The van der Waals surface area contributed by atoms with Gasteiger partial charge in [-0.3, -0.25) is 5.10 Å². The summed E-state index contributed by atoms with van der Waals surface area (Å²) in [7, 11) is 0. The number of nitrogens with zero attached hydrogens (tertiary/aromatic N) is 1. The molecule has 6 nitrogen and oxygen atoms in total. The van der Waals surface area contributed by atoms with E-state index in [0.29, 0.717) is 36.9 Å². The van der Waals surface area contributed by atoms with Gasteiger partial charge >= 0.3 is 0 Å². The van der Waals surface area contributed by atoms with E-state index in [4.69, 9.17) is 24.0 Å². The molecular weight excluding hydrogens is 488 g/mol. The molecule has 1 N–H and O–H groups in total. The van der Waals surface area contributed by atoms with Crippen LogP contribution in [0.2, 0.25) is 0 Å². The molecule has 3 aromatic rings. The van der Waals surface area contributed by atoms with E-state index in [0.717, 1.165) is 47.2 Å². The molecule has 0 aliphatic carbocycles. The normalized spacial score (nSPS) is 18.5. The van der Waals surface area contributed by atoms with Crippen LogP contribution in [-0.4, -0.2) is 48.8 Å². The minimum absolute atomic E-state index is 0.226. The van der Waals surface area contributed by atoms with E-state index in [1.165, 1.54) is 22.3 Å². The second kappa shape index (κ2) is 11.3. The lowest BCUT2D eigenvalue weighted by molar-refractivity contribution is 0.258. The zero-order valence-electron chi connectivity index (χ0n) is 24.8. The molecule has 39 heavy (non-hydrogen) atoms.